The predicted octanol–water partition coefficient (Wildman–Crippen LogP) is 0.570. The van der Waals surface area contributed by atoms with Crippen molar-refractivity contribution in [3.8, 4) is 0 Å². The highest BCUT2D eigenvalue weighted by Crippen LogP contribution is 2.26. The van der Waals surface area contributed by atoms with Crippen molar-refractivity contribution in [3.63, 3.8) is 0 Å². The molecule has 0 radical (unpaired) electrons. The fourth-order valence-corrected chi connectivity index (χ4v) is 1.75. The monoisotopic (exact) mass is 284 g/mol. The van der Waals surface area contributed by atoms with Crippen molar-refractivity contribution >= 4 is 23.4 Å². The zero-order valence-corrected chi connectivity index (χ0v) is 12.0. The van der Waals surface area contributed by atoms with E-state index in [0.717, 1.165) is 12.8 Å². The Morgan fingerprint density at radius 3 is 2.65 bits per heavy atom. The molecule has 20 heavy (non-hydrogen) atoms. The summed E-state index contributed by atoms with van der Waals surface area (Å²) in [5.41, 5.74) is -1.79. The molecule has 0 spiro atoms. The summed E-state index contributed by atoms with van der Waals surface area (Å²) in [7, 11) is 0. The van der Waals surface area contributed by atoms with Crippen molar-refractivity contribution in [1.82, 2.24) is 5.32 Å². The molecule has 1 N–H and O–H groups in total. The number of carbonyl (C=O) groups is 3. The molecule has 0 aromatic heterocycles. The van der Waals surface area contributed by atoms with Crippen LogP contribution in [0.1, 0.15) is 40.0 Å². The number of nitrogens with one attached hydrogen (secondary N) is 1. The highest BCUT2D eigenvalue weighted by atomic mass is 16.7. The van der Waals surface area contributed by atoms with Gasteiger partial charge in [-0.15, -0.1) is 0 Å². The molecule has 1 heterocycles. The third-order valence-corrected chi connectivity index (χ3v) is 2.99. The SMILES string of the molecule is CCCCNC(=O)C1(C(C)=O)CC(C(=O)OCC)=NO1. The molecule has 0 aliphatic carbocycles. The first kappa shape index (κ1) is 16.1. The molecule has 112 valence electrons. The average molecular weight is 284 g/mol. The van der Waals surface area contributed by atoms with E-state index in [0.29, 0.717) is 6.54 Å². The quantitative estimate of drug-likeness (QED) is 0.419. The van der Waals surface area contributed by atoms with Gasteiger partial charge in [0, 0.05) is 6.54 Å². The van der Waals surface area contributed by atoms with E-state index in [2.05, 4.69) is 10.5 Å². The van der Waals surface area contributed by atoms with Gasteiger partial charge in [0.05, 0.1) is 13.0 Å². The van der Waals surface area contributed by atoms with E-state index in [1.165, 1.54) is 6.92 Å². The molecule has 0 aromatic carbocycles. The Labute approximate surface area is 117 Å². The number of hydrogen-bond acceptors (Lipinski definition) is 6. The Kier molecular flexibility index (Phi) is 5.66. The van der Waals surface area contributed by atoms with Gasteiger partial charge in [-0.1, -0.05) is 18.5 Å². The lowest BCUT2D eigenvalue weighted by Gasteiger charge is -2.22. The van der Waals surface area contributed by atoms with Crippen molar-refractivity contribution in [1.29, 1.82) is 0 Å². The zero-order chi connectivity index (χ0) is 15.2. The Hall–Kier alpha value is -1.92. The average Bonchev–Trinajstić information content (AvgIpc) is 2.85. The number of Topliss-reactive ketones (excluding diaryl/α,β-unsaturated/α-hetero) is 1. The molecule has 0 bridgehead atoms. The summed E-state index contributed by atoms with van der Waals surface area (Å²) >= 11 is 0. The van der Waals surface area contributed by atoms with Crippen LogP contribution in [0.25, 0.3) is 0 Å². The third kappa shape index (κ3) is 3.34. The van der Waals surface area contributed by atoms with Crippen LogP contribution in [0.5, 0.6) is 0 Å². The molecule has 1 rings (SSSR count). The van der Waals surface area contributed by atoms with Gasteiger partial charge in [0.25, 0.3) is 11.5 Å². The number of rotatable bonds is 7. The lowest BCUT2D eigenvalue weighted by Crippen LogP contribution is -2.52. The number of hydrogen-bond donors (Lipinski definition) is 1. The first-order valence-corrected chi connectivity index (χ1v) is 6.69. The van der Waals surface area contributed by atoms with Gasteiger partial charge >= 0.3 is 5.97 Å². The van der Waals surface area contributed by atoms with Crippen molar-refractivity contribution < 1.29 is 24.0 Å². The van der Waals surface area contributed by atoms with Crippen LogP contribution in [0.3, 0.4) is 0 Å². The maximum absolute atomic E-state index is 12.1. The van der Waals surface area contributed by atoms with Gasteiger partial charge in [0.1, 0.15) is 0 Å². The summed E-state index contributed by atoms with van der Waals surface area (Å²) in [5.74, 6) is -1.73. The number of amides is 1. The predicted molar refractivity (Wildman–Crippen MR) is 71.1 cm³/mol. The lowest BCUT2D eigenvalue weighted by molar-refractivity contribution is -0.155. The molecule has 0 fully saturated rings. The normalized spacial score (nSPS) is 20.9. The standard InChI is InChI=1S/C13H20N2O5/c1-4-6-7-14-12(18)13(9(3)16)8-10(15-20-13)11(17)19-5-2/h4-8H2,1-3H3,(H,14,18). The van der Waals surface area contributed by atoms with Crippen LogP contribution in [-0.2, 0) is 24.0 Å². The molecule has 1 aliphatic heterocycles. The summed E-state index contributed by atoms with van der Waals surface area (Å²) in [4.78, 5) is 40.4. The molecule has 0 saturated carbocycles. The fraction of sp³-hybridized carbons (Fsp3) is 0.692. The van der Waals surface area contributed by atoms with E-state index in [4.69, 9.17) is 9.57 Å². The molecule has 0 saturated heterocycles. The molecule has 7 nitrogen and oxygen atoms in total. The van der Waals surface area contributed by atoms with E-state index in [-0.39, 0.29) is 18.7 Å². The summed E-state index contributed by atoms with van der Waals surface area (Å²) < 4.78 is 4.78. The fourth-order valence-electron chi connectivity index (χ4n) is 1.75. The highest BCUT2D eigenvalue weighted by Gasteiger charge is 2.52. The van der Waals surface area contributed by atoms with Crippen molar-refractivity contribution in [2.45, 2.75) is 45.6 Å². The Morgan fingerprint density at radius 2 is 2.10 bits per heavy atom. The number of oxime groups is 1. The minimum atomic E-state index is -1.74. The minimum Gasteiger partial charge on any atom is -0.461 e. The molecule has 1 unspecified atom stereocenters. The number of nitrogens with zero attached hydrogens (tertiary/aromatic N) is 1. The van der Waals surface area contributed by atoms with Crippen LogP contribution in [0.2, 0.25) is 0 Å². The lowest BCUT2D eigenvalue weighted by atomic mass is 9.92. The second-order valence-electron chi connectivity index (χ2n) is 4.52. The minimum absolute atomic E-state index is 0.0484. The number of ketones is 1. The number of carbonyl (C=O) groups excluding carboxylic acids is 3. The van der Waals surface area contributed by atoms with Crippen LogP contribution in [0, 0.1) is 0 Å². The van der Waals surface area contributed by atoms with E-state index in [9.17, 15) is 14.4 Å². The van der Waals surface area contributed by atoms with Gasteiger partial charge in [-0.3, -0.25) is 9.59 Å². The van der Waals surface area contributed by atoms with Crippen LogP contribution in [0.15, 0.2) is 5.16 Å². The molecule has 1 atom stereocenters. The first-order valence-electron chi connectivity index (χ1n) is 6.69. The first-order chi connectivity index (χ1) is 9.47. The molecule has 1 aliphatic rings. The molecule has 1 amide bonds. The third-order valence-electron chi connectivity index (χ3n) is 2.99. The second-order valence-corrected chi connectivity index (χ2v) is 4.52. The Morgan fingerprint density at radius 1 is 1.40 bits per heavy atom. The van der Waals surface area contributed by atoms with Gasteiger partial charge in [-0.25, -0.2) is 4.79 Å². The van der Waals surface area contributed by atoms with Gasteiger partial charge in [-0.05, 0) is 20.3 Å². The Bertz CT molecular complexity index is 432. The van der Waals surface area contributed by atoms with E-state index >= 15 is 0 Å². The largest absolute Gasteiger partial charge is 0.461 e. The van der Waals surface area contributed by atoms with Gasteiger partial charge in [0.15, 0.2) is 11.5 Å². The summed E-state index contributed by atoms with van der Waals surface area (Å²) in [6.07, 6.45) is 1.52. The van der Waals surface area contributed by atoms with Crippen LogP contribution >= 0.6 is 0 Å². The maximum atomic E-state index is 12.1. The highest BCUT2D eigenvalue weighted by molar-refractivity contribution is 6.38. The zero-order valence-electron chi connectivity index (χ0n) is 12.0. The maximum Gasteiger partial charge on any atom is 0.356 e. The smallest absolute Gasteiger partial charge is 0.356 e. The van der Waals surface area contributed by atoms with E-state index in [1.54, 1.807) is 6.92 Å². The van der Waals surface area contributed by atoms with Crippen molar-refractivity contribution in [2.24, 2.45) is 5.16 Å². The Balaban J connectivity index is 2.75. The number of esters is 1. The van der Waals surface area contributed by atoms with E-state index in [1.807, 2.05) is 6.92 Å². The van der Waals surface area contributed by atoms with Crippen LogP contribution < -0.4 is 5.32 Å². The van der Waals surface area contributed by atoms with E-state index < -0.39 is 23.3 Å². The topological polar surface area (TPSA) is 94.1 Å². The molecule has 7 heteroatoms. The van der Waals surface area contributed by atoms with Crippen molar-refractivity contribution in [3.05, 3.63) is 0 Å². The number of ether oxygens (including phenoxy) is 1. The van der Waals surface area contributed by atoms with Crippen molar-refractivity contribution in [2.75, 3.05) is 13.2 Å². The molecular formula is C13H20N2O5. The summed E-state index contributed by atoms with van der Waals surface area (Å²) in [6.45, 7) is 5.52. The summed E-state index contributed by atoms with van der Waals surface area (Å²) in [5, 5.41) is 6.17. The second kappa shape index (κ2) is 7.02. The van der Waals surface area contributed by atoms with Gasteiger partial charge in [-0.2, -0.15) is 0 Å². The molecular weight excluding hydrogens is 264 g/mol. The van der Waals surface area contributed by atoms with Crippen LogP contribution in [0.4, 0.5) is 0 Å². The van der Waals surface area contributed by atoms with Gasteiger partial charge < -0.3 is 14.9 Å². The van der Waals surface area contributed by atoms with Crippen LogP contribution in [-0.4, -0.2) is 42.1 Å². The summed E-state index contributed by atoms with van der Waals surface area (Å²) in [6, 6.07) is 0. The molecule has 0 aromatic rings. The number of unbranched alkanes of at least 4 members (excludes halogenated alkanes) is 1. The van der Waals surface area contributed by atoms with Gasteiger partial charge in [0.2, 0.25) is 0 Å².